The van der Waals surface area contributed by atoms with Crippen molar-refractivity contribution in [3.63, 3.8) is 0 Å². The summed E-state index contributed by atoms with van der Waals surface area (Å²) in [5, 5.41) is 7.23. The Bertz CT molecular complexity index is 904. The van der Waals surface area contributed by atoms with Crippen molar-refractivity contribution in [2.45, 2.75) is 33.7 Å². The Kier molecular flexibility index (Phi) is 4.77. The Balaban J connectivity index is 2.18. The smallest absolute Gasteiger partial charge is 0.331 e. The molecule has 0 radical (unpaired) electrons. The van der Waals surface area contributed by atoms with Crippen molar-refractivity contribution in [1.29, 1.82) is 0 Å². The number of amides is 1. The van der Waals surface area contributed by atoms with Crippen LogP contribution in [-0.4, -0.2) is 31.4 Å². The van der Waals surface area contributed by atoms with E-state index in [1.807, 2.05) is 32.4 Å². The van der Waals surface area contributed by atoms with E-state index in [4.69, 9.17) is 0 Å². The molecule has 2 heterocycles. The van der Waals surface area contributed by atoms with Gasteiger partial charge >= 0.3 is 5.69 Å². The highest BCUT2D eigenvalue weighted by molar-refractivity contribution is 5.92. The maximum atomic E-state index is 12.3. The van der Waals surface area contributed by atoms with Crippen LogP contribution >= 0.6 is 0 Å². The number of hydrogen-bond donors (Lipinski definition) is 1. The summed E-state index contributed by atoms with van der Waals surface area (Å²) >= 11 is 0. The van der Waals surface area contributed by atoms with Crippen molar-refractivity contribution in [2.24, 2.45) is 14.1 Å². The maximum Gasteiger partial charge on any atom is 0.331 e. The minimum atomic E-state index is -0.533. The summed E-state index contributed by atoms with van der Waals surface area (Å²) in [5.74, 6) is -0.461. The highest BCUT2D eigenvalue weighted by Gasteiger charge is 2.17. The highest BCUT2D eigenvalue weighted by Crippen LogP contribution is 2.15. The van der Waals surface area contributed by atoms with Gasteiger partial charge in [-0.2, -0.15) is 5.10 Å². The van der Waals surface area contributed by atoms with Crippen molar-refractivity contribution < 1.29 is 4.79 Å². The number of carbonyl (C=O) groups excluding carboxylic acids is 1. The summed E-state index contributed by atoms with van der Waals surface area (Å²) in [6.07, 6.45) is 0. The molecule has 1 N–H and O–H groups in total. The van der Waals surface area contributed by atoms with E-state index in [9.17, 15) is 14.4 Å². The topological polar surface area (TPSA) is 90.9 Å². The molecule has 2 aromatic rings. The SMILES string of the molecule is Cc1nn([C@@H](C)CNC(=O)c2cc(=O)n(C)c(=O)n2C)c(C)c1C. The number of aromatic nitrogens is 4. The lowest BCUT2D eigenvalue weighted by molar-refractivity contribution is 0.0937. The van der Waals surface area contributed by atoms with Gasteiger partial charge in [0.1, 0.15) is 5.69 Å². The highest BCUT2D eigenvalue weighted by atomic mass is 16.2. The Morgan fingerprint density at radius 1 is 1.21 bits per heavy atom. The first-order valence-corrected chi connectivity index (χ1v) is 7.72. The van der Waals surface area contributed by atoms with Crippen LogP contribution < -0.4 is 16.6 Å². The first-order valence-electron chi connectivity index (χ1n) is 7.72. The minimum absolute atomic E-state index is 0.0415. The number of aryl methyl sites for hydroxylation is 1. The lowest BCUT2D eigenvalue weighted by atomic mass is 10.2. The normalized spacial score (nSPS) is 12.2. The summed E-state index contributed by atoms with van der Waals surface area (Å²) in [6.45, 7) is 8.22. The molecular formula is C16H23N5O3. The summed E-state index contributed by atoms with van der Waals surface area (Å²) in [5.41, 5.74) is 2.14. The van der Waals surface area contributed by atoms with Crippen LogP contribution in [0.3, 0.4) is 0 Å². The number of rotatable bonds is 4. The first-order chi connectivity index (χ1) is 11.1. The van der Waals surface area contributed by atoms with Gasteiger partial charge < -0.3 is 5.32 Å². The standard InChI is InChI=1S/C16H23N5O3/c1-9(21-12(4)10(2)11(3)18-21)8-17-15(23)13-7-14(22)20(6)16(24)19(13)5/h7,9H,8H2,1-6H3,(H,17,23)/t9-/m0/s1. The summed E-state index contributed by atoms with van der Waals surface area (Å²) in [4.78, 5) is 35.9. The molecule has 0 aliphatic carbocycles. The molecule has 1 amide bonds. The van der Waals surface area contributed by atoms with Gasteiger partial charge in [0.2, 0.25) is 0 Å². The van der Waals surface area contributed by atoms with Crippen LogP contribution in [0, 0.1) is 20.8 Å². The molecule has 24 heavy (non-hydrogen) atoms. The van der Waals surface area contributed by atoms with Gasteiger partial charge in [-0.05, 0) is 33.3 Å². The Morgan fingerprint density at radius 3 is 2.38 bits per heavy atom. The molecule has 0 aliphatic rings. The van der Waals surface area contributed by atoms with Crippen molar-refractivity contribution in [1.82, 2.24) is 24.2 Å². The van der Waals surface area contributed by atoms with Crippen LogP contribution in [0.15, 0.2) is 15.7 Å². The van der Waals surface area contributed by atoms with Crippen LogP contribution in [-0.2, 0) is 14.1 Å². The van der Waals surface area contributed by atoms with E-state index in [-0.39, 0.29) is 11.7 Å². The molecule has 8 heteroatoms. The number of nitrogens with one attached hydrogen (secondary N) is 1. The van der Waals surface area contributed by atoms with Crippen molar-refractivity contribution in [2.75, 3.05) is 6.54 Å². The van der Waals surface area contributed by atoms with Crippen LogP contribution in [0.2, 0.25) is 0 Å². The van der Waals surface area contributed by atoms with Gasteiger partial charge in [0.15, 0.2) is 0 Å². The molecule has 2 rings (SSSR count). The fourth-order valence-corrected chi connectivity index (χ4v) is 2.54. The van der Waals surface area contributed by atoms with E-state index in [1.165, 1.54) is 14.1 Å². The fraction of sp³-hybridized carbons (Fsp3) is 0.500. The van der Waals surface area contributed by atoms with E-state index in [1.54, 1.807) is 0 Å². The second-order valence-corrected chi connectivity index (χ2v) is 6.07. The third-order valence-corrected chi connectivity index (χ3v) is 4.42. The zero-order valence-electron chi connectivity index (χ0n) is 14.9. The number of carbonyl (C=O) groups is 1. The fourth-order valence-electron chi connectivity index (χ4n) is 2.54. The van der Waals surface area contributed by atoms with E-state index < -0.39 is 17.2 Å². The average molecular weight is 333 g/mol. The molecule has 0 aromatic carbocycles. The third kappa shape index (κ3) is 3.04. The van der Waals surface area contributed by atoms with Crippen molar-refractivity contribution in [3.8, 4) is 0 Å². The molecule has 0 bridgehead atoms. The summed E-state index contributed by atoms with van der Waals surface area (Å²) in [7, 11) is 2.84. The quantitative estimate of drug-likeness (QED) is 0.865. The summed E-state index contributed by atoms with van der Waals surface area (Å²) < 4.78 is 3.99. The second-order valence-electron chi connectivity index (χ2n) is 6.07. The second kappa shape index (κ2) is 6.46. The molecule has 130 valence electrons. The zero-order chi connectivity index (χ0) is 18.2. The molecule has 0 fully saturated rings. The van der Waals surface area contributed by atoms with Crippen molar-refractivity contribution >= 4 is 5.91 Å². The van der Waals surface area contributed by atoms with Crippen LogP contribution in [0.5, 0.6) is 0 Å². The lowest BCUT2D eigenvalue weighted by Gasteiger charge is -2.16. The van der Waals surface area contributed by atoms with Crippen LogP contribution in [0.25, 0.3) is 0 Å². The average Bonchev–Trinajstić information content (AvgIpc) is 2.81. The van der Waals surface area contributed by atoms with E-state index in [0.29, 0.717) is 6.54 Å². The largest absolute Gasteiger partial charge is 0.349 e. The van der Waals surface area contributed by atoms with Crippen LogP contribution in [0.1, 0.15) is 40.4 Å². The number of nitrogens with zero attached hydrogens (tertiary/aromatic N) is 4. The van der Waals surface area contributed by atoms with E-state index in [0.717, 1.165) is 32.2 Å². The summed E-state index contributed by atoms with van der Waals surface area (Å²) in [6, 6.07) is 1.11. The molecule has 0 saturated heterocycles. The van der Waals surface area contributed by atoms with Gasteiger partial charge in [-0.3, -0.25) is 23.4 Å². The Morgan fingerprint density at radius 2 is 1.83 bits per heavy atom. The third-order valence-electron chi connectivity index (χ3n) is 4.42. The van der Waals surface area contributed by atoms with E-state index >= 15 is 0 Å². The Hall–Kier alpha value is -2.64. The monoisotopic (exact) mass is 333 g/mol. The minimum Gasteiger partial charge on any atom is -0.349 e. The van der Waals surface area contributed by atoms with Gasteiger partial charge in [0, 0.05) is 32.4 Å². The molecule has 2 aromatic heterocycles. The Labute approximate surface area is 139 Å². The molecule has 1 atom stereocenters. The molecular weight excluding hydrogens is 310 g/mol. The lowest BCUT2D eigenvalue weighted by Crippen LogP contribution is -2.41. The van der Waals surface area contributed by atoms with Gasteiger partial charge in [-0.25, -0.2) is 4.79 Å². The zero-order valence-corrected chi connectivity index (χ0v) is 14.9. The van der Waals surface area contributed by atoms with E-state index in [2.05, 4.69) is 10.4 Å². The first kappa shape index (κ1) is 17.7. The predicted octanol–water partition coefficient (Wildman–Crippen LogP) is 0.197. The van der Waals surface area contributed by atoms with Crippen molar-refractivity contribution in [3.05, 3.63) is 49.5 Å². The molecule has 0 spiro atoms. The predicted molar refractivity (Wildman–Crippen MR) is 90.4 cm³/mol. The van der Waals surface area contributed by atoms with Gasteiger partial charge in [0.25, 0.3) is 11.5 Å². The molecule has 8 nitrogen and oxygen atoms in total. The number of hydrogen-bond acceptors (Lipinski definition) is 4. The van der Waals surface area contributed by atoms with Gasteiger partial charge in [-0.1, -0.05) is 0 Å². The molecule has 0 unspecified atom stereocenters. The van der Waals surface area contributed by atoms with Gasteiger partial charge in [0.05, 0.1) is 11.7 Å². The molecule has 0 saturated carbocycles. The molecule has 0 aliphatic heterocycles. The maximum absolute atomic E-state index is 12.3. The van der Waals surface area contributed by atoms with Crippen LogP contribution in [0.4, 0.5) is 0 Å². The van der Waals surface area contributed by atoms with Gasteiger partial charge in [-0.15, -0.1) is 0 Å².